The highest BCUT2D eigenvalue weighted by atomic mass is 32.1. The molecular formula is C16H12N4O2S. The van der Waals surface area contributed by atoms with Crippen LogP contribution >= 0.6 is 11.3 Å². The number of hydrogen-bond donors (Lipinski definition) is 1. The van der Waals surface area contributed by atoms with Crippen molar-refractivity contribution in [1.29, 1.82) is 5.26 Å². The number of thiophene rings is 1. The van der Waals surface area contributed by atoms with Crippen LogP contribution in [0.25, 0.3) is 10.7 Å². The van der Waals surface area contributed by atoms with Crippen LogP contribution in [0.4, 0.5) is 5.69 Å². The Morgan fingerprint density at radius 2 is 2.13 bits per heavy atom. The van der Waals surface area contributed by atoms with Crippen LogP contribution in [0.1, 0.15) is 17.9 Å². The lowest BCUT2D eigenvalue weighted by atomic mass is 10.2. The van der Waals surface area contributed by atoms with E-state index in [9.17, 15) is 4.79 Å². The SMILES string of the molecule is N#Cc1ccc(NC(=O)CCc2nc(-c3cccs3)no2)cc1. The Kier molecular flexibility index (Phi) is 4.45. The third-order valence-electron chi connectivity index (χ3n) is 3.07. The fourth-order valence-electron chi connectivity index (χ4n) is 1.93. The van der Waals surface area contributed by atoms with Crippen molar-refractivity contribution < 1.29 is 9.32 Å². The number of aromatic nitrogens is 2. The smallest absolute Gasteiger partial charge is 0.227 e. The maximum atomic E-state index is 11.9. The Hall–Kier alpha value is -2.98. The average molecular weight is 324 g/mol. The molecule has 1 amide bonds. The first-order valence-corrected chi connectivity index (χ1v) is 7.79. The zero-order valence-electron chi connectivity index (χ0n) is 12.0. The molecule has 0 aliphatic carbocycles. The number of anilines is 1. The normalized spacial score (nSPS) is 10.2. The van der Waals surface area contributed by atoms with Gasteiger partial charge in [-0.1, -0.05) is 11.2 Å². The van der Waals surface area contributed by atoms with Gasteiger partial charge in [-0.25, -0.2) is 0 Å². The third-order valence-corrected chi connectivity index (χ3v) is 3.94. The molecule has 1 aromatic carbocycles. The Morgan fingerprint density at radius 3 is 2.83 bits per heavy atom. The van der Waals surface area contributed by atoms with Crippen molar-refractivity contribution in [3.8, 4) is 16.8 Å². The molecule has 0 spiro atoms. The summed E-state index contributed by atoms with van der Waals surface area (Å²) in [4.78, 5) is 17.1. The number of benzene rings is 1. The van der Waals surface area contributed by atoms with Gasteiger partial charge in [0.1, 0.15) is 0 Å². The summed E-state index contributed by atoms with van der Waals surface area (Å²) in [6.07, 6.45) is 0.618. The second-order valence-electron chi connectivity index (χ2n) is 4.73. The summed E-state index contributed by atoms with van der Waals surface area (Å²) < 4.78 is 5.15. The van der Waals surface area contributed by atoms with Crippen LogP contribution in [0.2, 0.25) is 0 Å². The van der Waals surface area contributed by atoms with Crippen LogP contribution in [0.3, 0.4) is 0 Å². The summed E-state index contributed by atoms with van der Waals surface area (Å²) in [5, 5.41) is 17.3. The number of nitrogens with zero attached hydrogens (tertiary/aromatic N) is 3. The summed E-state index contributed by atoms with van der Waals surface area (Å²) in [7, 11) is 0. The van der Waals surface area contributed by atoms with Gasteiger partial charge in [0.05, 0.1) is 16.5 Å². The number of aryl methyl sites for hydroxylation is 1. The topological polar surface area (TPSA) is 91.8 Å². The van der Waals surface area contributed by atoms with Gasteiger partial charge in [-0.3, -0.25) is 4.79 Å². The number of carbonyl (C=O) groups is 1. The molecule has 23 heavy (non-hydrogen) atoms. The zero-order chi connectivity index (χ0) is 16.1. The van der Waals surface area contributed by atoms with Gasteiger partial charge in [0, 0.05) is 18.5 Å². The molecule has 0 aliphatic rings. The molecule has 0 aliphatic heterocycles. The predicted octanol–water partition coefficient (Wildman–Crippen LogP) is 3.24. The number of hydrogen-bond acceptors (Lipinski definition) is 6. The molecule has 2 heterocycles. The average Bonchev–Trinajstić information content (AvgIpc) is 3.25. The van der Waals surface area contributed by atoms with Crippen molar-refractivity contribution in [2.24, 2.45) is 0 Å². The van der Waals surface area contributed by atoms with Crippen LogP contribution < -0.4 is 5.32 Å². The van der Waals surface area contributed by atoms with Gasteiger partial charge in [0.2, 0.25) is 17.6 Å². The Bertz CT molecular complexity index is 832. The number of rotatable bonds is 5. The minimum Gasteiger partial charge on any atom is -0.339 e. The van der Waals surface area contributed by atoms with E-state index < -0.39 is 0 Å². The van der Waals surface area contributed by atoms with E-state index in [0.717, 1.165) is 4.88 Å². The van der Waals surface area contributed by atoms with Gasteiger partial charge < -0.3 is 9.84 Å². The molecule has 0 bridgehead atoms. The molecule has 0 saturated heterocycles. The summed E-state index contributed by atoms with van der Waals surface area (Å²) in [5.74, 6) is 0.830. The van der Waals surface area contributed by atoms with Crippen LogP contribution in [0.5, 0.6) is 0 Å². The Balaban J connectivity index is 1.53. The molecule has 2 aromatic heterocycles. The first kappa shape index (κ1) is 14.9. The third kappa shape index (κ3) is 3.81. The number of nitriles is 1. The van der Waals surface area contributed by atoms with Crippen molar-refractivity contribution in [2.75, 3.05) is 5.32 Å². The maximum absolute atomic E-state index is 11.9. The number of carbonyl (C=O) groups excluding carboxylic acids is 1. The van der Waals surface area contributed by atoms with E-state index in [-0.39, 0.29) is 12.3 Å². The summed E-state index contributed by atoms with van der Waals surface area (Å²) >= 11 is 1.53. The molecule has 0 fully saturated rings. The standard InChI is InChI=1S/C16H12N4O2S/c17-10-11-3-5-12(6-4-11)18-14(21)7-8-15-19-16(20-22-15)13-2-1-9-23-13/h1-6,9H,7-8H2,(H,18,21). The zero-order valence-corrected chi connectivity index (χ0v) is 12.8. The van der Waals surface area contributed by atoms with Crippen molar-refractivity contribution in [2.45, 2.75) is 12.8 Å². The highest BCUT2D eigenvalue weighted by Gasteiger charge is 2.11. The van der Waals surface area contributed by atoms with Crippen LogP contribution in [0, 0.1) is 11.3 Å². The second kappa shape index (κ2) is 6.85. The van der Waals surface area contributed by atoms with E-state index in [2.05, 4.69) is 15.5 Å². The number of amides is 1. The monoisotopic (exact) mass is 324 g/mol. The van der Waals surface area contributed by atoms with Crippen molar-refractivity contribution >= 4 is 22.9 Å². The molecule has 7 heteroatoms. The van der Waals surface area contributed by atoms with E-state index in [1.54, 1.807) is 24.3 Å². The second-order valence-corrected chi connectivity index (χ2v) is 5.67. The Labute approximate surface area is 136 Å². The van der Waals surface area contributed by atoms with Crippen molar-refractivity contribution in [1.82, 2.24) is 10.1 Å². The lowest BCUT2D eigenvalue weighted by Crippen LogP contribution is -2.12. The van der Waals surface area contributed by atoms with Crippen LogP contribution in [-0.2, 0) is 11.2 Å². The summed E-state index contributed by atoms with van der Waals surface area (Å²) in [5.41, 5.74) is 1.20. The van der Waals surface area contributed by atoms with Gasteiger partial charge >= 0.3 is 0 Å². The molecule has 0 radical (unpaired) electrons. The molecule has 6 nitrogen and oxygen atoms in total. The molecule has 114 valence electrons. The summed E-state index contributed by atoms with van der Waals surface area (Å²) in [6.45, 7) is 0. The molecule has 1 N–H and O–H groups in total. The van der Waals surface area contributed by atoms with Gasteiger partial charge in [0.15, 0.2) is 0 Å². The fraction of sp³-hybridized carbons (Fsp3) is 0.125. The van der Waals surface area contributed by atoms with E-state index in [1.807, 2.05) is 23.6 Å². The van der Waals surface area contributed by atoms with Crippen molar-refractivity contribution in [3.63, 3.8) is 0 Å². The Morgan fingerprint density at radius 1 is 1.30 bits per heavy atom. The first-order chi connectivity index (χ1) is 11.2. The fourth-order valence-corrected chi connectivity index (χ4v) is 2.58. The molecular weight excluding hydrogens is 312 g/mol. The van der Waals surface area contributed by atoms with Gasteiger partial charge in [-0.05, 0) is 35.7 Å². The van der Waals surface area contributed by atoms with Crippen LogP contribution in [-0.4, -0.2) is 16.0 Å². The van der Waals surface area contributed by atoms with E-state index >= 15 is 0 Å². The van der Waals surface area contributed by atoms with Gasteiger partial charge in [0.25, 0.3) is 0 Å². The minimum absolute atomic E-state index is 0.148. The number of nitrogens with one attached hydrogen (secondary N) is 1. The largest absolute Gasteiger partial charge is 0.339 e. The highest BCUT2D eigenvalue weighted by molar-refractivity contribution is 7.13. The van der Waals surface area contributed by atoms with Gasteiger partial charge in [-0.15, -0.1) is 11.3 Å². The summed E-state index contributed by atoms with van der Waals surface area (Å²) in [6, 6.07) is 12.6. The lowest BCUT2D eigenvalue weighted by molar-refractivity contribution is -0.116. The van der Waals surface area contributed by atoms with E-state index in [1.165, 1.54) is 11.3 Å². The molecule has 0 unspecified atom stereocenters. The maximum Gasteiger partial charge on any atom is 0.227 e. The highest BCUT2D eigenvalue weighted by Crippen LogP contribution is 2.21. The van der Waals surface area contributed by atoms with E-state index in [0.29, 0.717) is 29.4 Å². The molecule has 0 saturated carbocycles. The van der Waals surface area contributed by atoms with Crippen LogP contribution in [0.15, 0.2) is 46.3 Å². The van der Waals surface area contributed by atoms with E-state index in [4.69, 9.17) is 9.78 Å². The molecule has 3 rings (SSSR count). The molecule has 3 aromatic rings. The van der Waals surface area contributed by atoms with Crippen molar-refractivity contribution in [3.05, 3.63) is 53.2 Å². The molecule has 0 atom stereocenters. The minimum atomic E-state index is -0.148. The quantitative estimate of drug-likeness (QED) is 0.778. The first-order valence-electron chi connectivity index (χ1n) is 6.91. The lowest BCUT2D eigenvalue weighted by Gasteiger charge is -2.03. The predicted molar refractivity (Wildman–Crippen MR) is 85.7 cm³/mol. The van der Waals surface area contributed by atoms with Gasteiger partial charge in [-0.2, -0.15) is 10.2 Å².